The van der Waals surface area contributed by atoms with Gasteiger partial charge in [-0.15, -0.1) is 0 Å². The lowest BCUT2D eigenvalue weighted by molar-refractivity contribution is 0.467. The van der Waals surface area contributed by atoms with Crippen molar-refractivity contribution in [1.82, 2.24) is 5.32 Å². The van der Waals surface area contributed by atoms with Gasteiger partial charge in [-0.05, 0) is 12.5 Å². The Balaban J connectivity index is 3.06. The van der Waals surface area contributed by atoms with Gasteiger partial charge in [0, 0.05) is 6.54 Å². The molecule has 0 amide bonds. The first kappa shape index (κ1) is 8.46. The van der Waals surface area contributed by atoms with Gasteiger partial charge >= 0.3 is 0 Å². The first-order chi connectivity index (χ1) is 4.31. The molecule has 0 fully saturated rings. The molecule has 0 saturated carbocycles. The largest absolute Gasteiger partial charge is 0.516 e. The summed E-state index contributed by atoms with van der Waals surface area (Å²) < 4.78 is 0. The van der Waals surface area contributed by atoms with Crippen LogP contribution < -0.4 is 11.1 Å². The number of nitrogens with two attached hydrogens (primary N) is 1. The van der Waals surface area contributed by atoms with Crippen molar-refractivity contribution in [3.63, 3.8) is 0 Å². The highest BCUT2D eigenvalue weighted by Crippen LogP contribution is 1.78. The van der Waals surface area contributed by atoms with Crippen LogP contribution in [-0.2, 0) is 0 Å². The molecule has 0 spiro atoms. The molecule has 0 aliphatic heterocycles. The molecule has 4 N–H and O–H groups in total. The van der Waals surface area contributed by atoms with Gasteiger partial charge in [0.1, 0.15) is 0 Å². The third-order valence-electron chi connectivity index (χ3n) is 1.04. The minimum absolute atomic E-state index is 0.0428. The monoisotopic (exact) mass is 130 g/mol. The quantitative estimate of drug-likeness (QED) is 0.380. The van der Waals surface area contributed by atoms with Crippen molar-refractivity contribution in [3.8, 4) is 0 Å². The number of hydrogen-bond acceptors (Lipinski definition) is 3. The zero-order chi connectivity index (χ0) is 7.11. The van der Waals surface area contributed by atoms with E-state index < -0.39 is 0 Å². The predicted octanol–water partition coefficient (Wildman–Crippen LogP) is 0.342. The summed E-state index contributed by atoms with van der Waals surface area (Å²) in [6.45, 7) is 2.63. The molecule has 0 heterocycles. The summed E-state index contributed by atoms with van der Waals surface area (Å²) in [5.41, 5.74) is 5.49. The van der Waals surface area contributed by atoms with Gasteiger partial charge in [-0.1, -0.05) is 6.92 Å². The van der Waals surface area contributed by atoms with E-state index in [1.807, 2.05) is 6.92 Å². The Morgan fingerprint density at radius 3 is 2.89 bits per heavy atom. The summed E-state index contributed by atoms with van der Waals surface area (Å²) >= 11 is 0. The highest BCUT2D eigenvalue weighted by Gasteiger charge is 1.91. The SMILES string of the molecule is CCC(N)NCC=CO. The lowest BCUT2D eigenvalue weighted by Gasteiger charge is -2.07. The first-order valence-corrected chi connectivity index (χ1v) is 3.09. The molecule has 0 saturated heterocycles. The van der Waals surface area contributed by atoms with Crippen molar-refractivity contribution in [2.45, 2.75) is 19.5 Å². The Kier molecular flexibility index (Phi) is 5.26. The fourth-order valence-corrected chi connectivity index (χ4v) is 0.416. The fraction of sp³-hybridized carbons (Fsp3) is 0.667. The van der Waals surface area contributed by atoms with Crippen LogP contribution >= 0.6 is 0 Å². The van der Waals surface area contributed by atoms with Crippen LogP contribution in [0.5, 0.6) is 0 Å². The number of hydrogen-bond donors (Lipinski definition) is 3. The summed E-state index contributed by atoms with van der Waals surface area (Å²) in [6, 6.07) is 0. The van der Waals surface area contributed by atoms with E-state index in [4.69, 9.17) is 10.8 Å². The Bertz CT molecular complexity index is 83.1. The fourth-order valence-electron chi connectivity index (χ4n) is 0.416. The minimum atomic E-state index is 0.0428. The zero-order valence-electron chi connectivity index (χ0n) is 5.67. The van der Waals surface area contributed by atoms with Crippen molar-refractivity contribution >= 4 is 0 Å². The molecule has 0 aromatic rings. The molecule has 9 heavy (non-hydrogen) atoms. The maximum absolute atomic E-state index is 8.19. The van der Waals surface area contributed by atoms with Gasteiger partial charge < -0.3 is 10.8 Å². The second-order valence-electron chi connectivity index (χ2n) is 1.81. The van der Waals surface area contributed by atoms with Gasteiger partial charge in [0.05, 0.1) is 12.4 Å². The highest BCUT2D eigenvalue weighted by atomic mass is 16.2. The molecule has 0 aromatic heterocycles. The zero-order valence-corrected chi connectivity index (χ0v) is 5.67. The Labute approximate surface area is 55.6 Å². The Hall–Kier alpha value is -0.540. The number of rotatable bonds is 4. The van der Waals surface area contributed by atoms with Gasteiger partial charge in [0.15, 0.2) is 0 Å². The highest BCUT2D eigenvalue weighted by molar-refractivity contribution is 4.75. The molecular weight excluding hydrogens is 116 g/mol. The summed E-state index contributed by atoms with van der Waals surface area (Å²) in [5.74, 6) is 0. The van der Waals surface area contributed by atoms with E-state index in [2.05, 4.69) is 5.32 Å². The van der Waals surface area contributed by atoms with E-state index in [1.54, 1.807) is 6.08 Å². The summed E-state index contributed by atoms with van der Waals surface area (Å²) in [4.78, 5) is 0. The molecule has 3 heteroatoms. The normalized spacial score (nSPS) is 14.4. The van der Waals surface area contributed by atoms with Gasteiger partial charge in [0.25, 0.3) is 0 Å². The van der Waals surface area contributed by atoms with Crippen molar-refractivity contribution in [2.75, 3.05) is 6.54 Å². The molecule has 0 rings (SSSR count). The van der Waals surface area contributed by atoms with Crippen LogP contribution in [0.2, 0.25) is 0 Å². The molecule has 0 aliphatic rings. The molecule has 1 atom stereocenters. The van der Waals surface area contributed by atoms with Crippen LogP contribution in [0.15, 0.2) is 12.3 Å². The predicted molar refractivity (Wildman–Crippen MR) is 38.0 cm³/mol. The van der Waals surface area contributed by atoms with Crippen LogP contribution in [0.25, 0.3) is 0 Å². The van der Waals surface area contributed by atoms with Crippen molar-refractivity contribution in [2.24, 2.45) is 5.73 Å². The molecule has 0 radical (unpaired) electrons. The van der Waals surface area contributed by atoms with Crippen LogP contribution in [0.1, 0.15) is 13.3 Å². The van der Waals surface area contributed by atoms with Crippen LogP contribution in [0.4, 0.5) is 0 Å². The van der Waals surface area contributed by atoms with Crippen molar-refractivity contribution in [1.29, 1.82) is 0 Å². The van der Waals surface area contributed by atoms with Gasteiger partial charge in [-0.3, -0.25) is 5.32 Å². The molecule has 54 valence electrons. The molecule has 0 aromatic carbocycles. The van der Waals surface area contributed by atoms with Crippen LogP contribution in [0, 0.1) is 0 Å². The minimum Gasteiger partial charge on any atom is -0.516 e. The number of nitrogens with one attached hydrogen (secondary N) is 1. The van der Waals surface area contributed by atoms with E-state index in [9.17, 15) is 0 Å². The molecular formula is C6H14N2O. The number of aliphatic hydroxyl groups is 1. The van der Waals surface area contributed by atoms with E-state index in [1.165, 1.54) is 0 Å². The maximum Gasteiger partial charge on any atom is 0.0764 e. The summed E-state index contributed by atoms with van der Waals surface area (Å²) in [7, 11) is 0. The van der Waals surface area contributed by atoms with Crippen molar-refractivity contribution < 1.29 is 5.11 Å². The molecule has 0 aliphatic carbocycles. The smallest absolute Gasteiger partial charge is 0.0764 e. The number of aliphatic hydroxyl groups excluding tert-OH is 1. The average molecular weight is 130 g/mol. The van der Waals surface area contributed by atoms with E-state index in [0.717, 1.165) is 12.7 Å². The lowest BCUT2D eigenvalue weighted by atomic mass is 10.4. The Morgan fingerprint density at radius 1 is 1.78 bits per heavy atom. The van der Waals surface area contributed by atoms with E-state index >= 15 is 0 Å². The van der Waals surface area contributed by atoms with Gasteiger partial charge in [-0.2, -0.15) is 0 Å². The van der Waals surface area contributed by atoms with E-state index in [-0.39, 0.29) is 6.17 Å². The van der Waals surface area contributed by atoms with Crippen molar-refractivity contribution in [3.05, 3.63) is 12.3 Å². The third kappa shape index (κ3) is 5.33. The maximum atomic E-state index is 8.19. The molecule has 1 unspecified atom stereocenters. The standard InChI is InChI=1S/C6H14N2O/c1-2-6(7)8-4-3-5-9/h3,5-6,8-9H,2,4,7H2,1H3. The van der Waals surface area contributed by atoms with Crippen LogP contribution in [-0.4, -0.2) is 17.8 Å². The van der Waals surface area contributed by atoms with Crippen LogP contribution in [0.3, 0.4) is 0 Å². The third-order valence-corrected chi connectivity index (χ3v) is 1.04. The molecule has 3 nitrogen and oxygen atoms in total. The summed E-state index contributed by atoms with van der Waals surface area (Å²) in [6.07, 6.45) is 3.56. The lowest BCUT2D eigenvalue weighted by Crippen LogP contribution is -2.36. The van der Waals surface area contributed by atoms with Gasteiger partial charge in [-0.25, -0.2) is 0 Å². The summed E-state index contributed by atoms with van der Waals surface area (Å²) in [5, 5.41) is 11.2. The average Bonchev–Trinajstić information content (AvgIpc) is 1.89. The molecule has 0 bridgehead atoms. The first-order valence-electron chi connectivity index (χ1n) is 3.09. The topological polar surface area (TPSA) is 58.3 Å². The second kappa shape index (κ2) is 5.59. The van der Waals surface area contributed by atoms with Gasteiger partial charge in [0.2, 0.25) is 0 Å². The Morgan fingerprint density at radius 2 is 2.44 bits per heavy atom. The van der Waals surface area contributed by atoms with E-state index in [0.29, 0.717) is 6.54 Å². The second-order valence-corrected chi connectivity index (χ2v) is 1.81.